The highest BCUT2D eigenvalue weighted by atomic mass is 16.6. The zero-order chi connectivity index (χ0) is 15.4. The molecule has 21 heavy (non-hydrogen) atoms. The molecule has 0 spiro atoms. The van der Waals surface area contributed by atoms with Crippen LogP contribution in [0.25, 0.3) is 0 Å². The van der Waals surface area contributed by atoms with Gasteiger partial charge in [0.15, 0.2) is 6.10 Å². The van der Waals surface area contributed by atoms with E-state index in [9.17, 15) is 14.4 Å². The third-order valence-corrected chi connectivity index (χ3v) is 2.86. The Morgan fingerprint density at radius 2 is 2.14 bits per heavy atom. The average molecular weight is 293 g/mol. The number of amides is 1. The molecule has 0 aromatic heterocycles. The number of cyclic esters (lactones) is 1. The van der Waals surface area contributed by atoms with Crippen LogP contribution in [0, 0.1) is 0 Å². The first kappa shape index (κ1) is 14.8. The summed E-state index contributed by atoms with van der Waals surface area (Å²) in [5.41, 5.74) is 0.628. The van der Waals surface area contributed by atoms with Crippen molar-refractivity contribution in [2.75, 3.05) is 19.0 Å². The topological polar surface area (TPSA) is 90.9 Å². The molecule has 1 saturated heterocycles. The summed E-state index contributed by atoms with van der Waals surface area (Å²) in [5, 5.41) is 2.58. The zero-order valence-corrected chi connectivity index (χ0v) is 11.7. The first-order valence-corrected chi connectivity index (χ1v) is 6.34. The molecule has 1 heterocycles. The monoisotopic (exact) mass is 293 g/mol. The second-order valence-corrected chi connectivity index (χ2v) is 4.45. The van der Waals surface area contributed by atoms with Crippen LogP contribution in [0.1, 0.15) is 23.7 Å². The van der Waals surface area contributed by atoms with E-state index in [1.807, 2.05) is 0 Å². The van der Waals surface area contributed by atoms with E-state index in [1.54, 1.807) is 6.07 Å². The van der Waals surface area contributed by atoms with E-state index in [1.165, 1.54) is 26.2 Å². The van der Waals surface area contributed by atoms with Gasteiger partial charge in [0.25, 0.3) is 0 Å². The SMILES string of the molecule is COC(=O)c1ccc(NC(C)=O)cc1OC1CCOC1=O. The van der Waals surface area contributed by atoms with Gasteiger partial charge < -0.3 is 19.5 Å². The van der Waals surface area contributed by atoms with Gasteiger partial charge in [0.2, 0.25) is 5.91 Å². The fraction of sp³-hybridized carbons (Fsp3) is 0.357. The van der Waals surface area contributed by atoms with Gasteiger partial charge >= 0.3 is 11.9 Å². The Kier molecular flexibility index (Phi) is 4.42. The molecule has 0 bridgehead atoms. The van der Waals surface area contributed by atoms with Crippen molar-refractivity contribution in [3.05, 3.63) is 23.8 Å². The number of hydrogen-bond acceptors (Lipinski definition) is 6. The van der Waals surface area contributed by atoms with Gasteiger partial charge in [0.1, 0.15) is 11.3 Å². The Balaban J connectivity index is 2.30. The van der Waals surface area contributed by atoms with Crippen LogP contribution in [0.2, 0.25) is 0 Å². The Bertz CT molecular complexity index is 583. The van der Waals surface area contributed by atoms with Crippen molar-refractivity contribution in [1.29, 1.82) is 0 Å². The first-order valence-electron chi connectivity index (χ1n) is 6.34. The molecule has 1 aromatic rings. The van der Waals surface area contributed by atoms with Crippen LogP contribution in [0.3, 0.4) is 0 Å². The van der Waals surface area contributed by atoms with E-state index in [2.05, 4.69) is 10.1 Å². The van der Waals surface area contributed by atoms with Crippen molar-refractivity contribution in [3.63, 3.8) is 0 Å². The van der Waals surface area contributed by atoms with Gasteiger partial charge in [-0.3, -0.25) is 4.79 Å². The molecule has 7 heteroatoms. The first-order chi connectivity index (χ1) is 10.0. The lowest BCUT2D eigenvalue weighted by atomic mass is 10.1. The van der Waals surface area contributed by atoms with Crippen molar-refractivity contribution < 1.29 is 28.6 Å². The minimum atomic E-state index is -0.763. The lowest BCUT2D eigenvalue weighted by molar-refractivity contribution is -0.143. The number of rotatable bonds is 4. The predicted molar refractivity (Wildman–Crippen MR) is 72.1 cm³/mol. The van der Waals surface area contributed by atoms with Gasteiger partial charge in [-0.2, -0.15) is 0 Å². The summed E-state index contributed by atoms with van der Waals surface area (Å²) in [5.74, 6) is -1.16. The van der Waals surface area contributed by atoms with E-state index < -0.39 is 18.0 Å². The van der Waals surface area contributed by atoms with Crippen LogP contribution in [0.15, 0.2) is 18.2 Å². The van der Waals surface area contributed by atoms with Crippen LogP contribution >= 0.6 is 0 Å². The third kappa shape index (κ3) is 3.50. The minimum Gasteiger partial charge on any atom is -0.478 e. The Morgan fingerprint density at radius 1 is 1.38 bits per heavy atom. The van der Waals surface area contributed by atoms with Gasteiger partial charge in [0, 0.05) is 25.1 Å². The molecular weight excluding hydrogens is 278 g/mol. The second kappa shape index (κ2) is 6.25. The van der Waals surface area contributed by atoms with Crippen LogP contribution in [0.5, 0.6) is 5.75 Å². The number of nitrogens with one attached hydrogen (secondary N) is 1. The number of anilines is 1. The van der Waals surface area contributed by atoms with E-state index in [0.29, 0.717) is 12.1 Å². The Labute approximate surface area is 121 Å². The maximum absolute atomic E-state index is 11.7. The molecule has 1 N–H and O–H groups in total. The molecule has 0 saturated carbocycles. The molecular formula is C14H15NO6. The van der Waals surface area contributed by atoms with Crippen LogP contribution < -0.4 is 10.1 Å². The normalized spacial score (nSPS) is 17.0. The van der Waals surface area contributed by atoms with Crippen LogP contribution in [0.4, 0.5) is 5.69 Å². The zero-order valence-electron chi connectivity index (χ0n) is 11.7. The fourth-order valence-electron chi connectivity index (χ4n) is 1.92. The molecule has 1 aliphatic rings. The van der Waals surface area contributed by atoms with Gasteiger partial charge in [-0.25, -0.2) is 9.59 Å². The maximum Gasteiger partial charge on any atom is 0.347 e. The number of methoxy groups -OCH3 is 1. The Hall–Kier alpha value is -2.57. The summed E-state index contributed by atoms with van der Waals surface area (Å²) in [6, 6.07) is 4.49. The number of carbonyl (C=O) groups is 3. The van der Waals surface area contributed by atoms with Gasteiger partial charge in [-0.05, 0) is 12.1 Å². The van der Waals surface area contributed by atoms with Crippen LogP contribution in [-0.2, 0) is 19.1 Å². The smallest absolute Gasteiger partial charge is 0.347 e. The van der Waals surface area contributed by atoms with E-state index in [4.69, 9.17) is 9.47 Å². The van der Waals surface area contributed by atoms with E-state index >= 15 is 0 Å². The molecule has 7 nitrogen and oxygen atoms in total. The lowest BCUT2D eigenvalue weighted by Crippen LogP contribution is -2.23. The number of carbonyl (C=O) groups excluding carboxylic acids is 3. The molecule has 1 amide bonds. The maximum atomic E-state index is 11.7. The largest absolute Gasteiger partial charge is 0.478 e. The quantitative estimate of drug-likeness (QED) is 0.837. The molecule has 1 atom stereocenters. The standard InChI is InChI=1S/C14H15NO6/c1-8(16)15-9-3-4-10(13(17)19-2)12(7-9)21-11-5-6-20-14(11)18/h3-4,7,11H,5-6H2,1-2H3,(H,15,16). The Morgan fingerprint density at radius 3 is 2.71 bits per heavy atom. The predicted octanol–water partition coefficient (Wildman–Crippen LogP) is 1.13. The minimum absolute atomic E-state index is 0.164. The number of benzene rings is 1. The fourth-order valence-corrected chi connectivity index (χ4v) is 1.92. The third-order valence-electron chi connectivity index (χ3n) is 2.86. The highest BCUT2D eigenvalue weighted by Gasteiger charge is 2.30. The summed E-state index contributed by atoms with van der Waals surface area (Å²) in [6.07, 6.45) is -0.356. The lowest BCUT2D eigenvalue weighted by Gasteiger charge is -2.14. The highest BCUT2D eigenvalue weighted by molar-refractivity contribution is 5.95. The van der Waals surface area contributed by atoms with Gasteiger partial charge in [-0.1, -0.05) is 0 Å². The summed E-state index contributed by atoms with van der Waals surface area (Å²) in [4.78, 5) is 34.3. The van der Waals surface area contributed by atoms with E-state index in [-0.39, 0.29) is 23.8 Å². The summed E-state index contributed by atoms with van der Waals surface area (Å²) in [7, 11) is 1.25. The average Bonchev–Trinajstić information content (AvgIpc) is 2.83. The van der Waals surface area contributed by atoms with Crippen molar-refractivity contribution >= 4 is 23.5 Å². The second-order valence-electron chi connectivity index (χ2n) is 4.45. The van der Waals surface area contributed by atoms with E-state index in [0.717, 1.165) is 0 Å². The van der Waals surface area contributed by atoms with Crippen molar-refractivity contribution in [3.8, 4) is 5.75 Å². The highest BCUT2D eigenvalue weighted by Crippen LogP contribution is 2.27. The van der Waals surface area contributed by atoms with Gasteiger partial charge in [0.05, 0.1) is 13.7 Å². The molecule has 1 aromatic carbocycles. The molecule has 0 aliphatic carbocycles. The van der Waals surface area contributed by atoms with Gasteiger partial charge in [-0.15, -0.1) is 0 Å². The molecule has 1 unspecified atom stereocenters. The summed E-state index contributed by atoms with van der Waals surface area (Å²) in [6.45, 7) is 1.64. The van der Waals surface area contributed by atoms with Crippen molar-refractivity contribution in [1.82, 2.24) is 0 Å². The molecule has 2 rings (SSSR count). The van der Waals surface area contributed by atoms with Crippen molar-refractivity contribution in [2.45, 2.75) is 19.4 Å². The summed E-state index contributed by atoms with van der Waals surface area (Å²) < 4.78 is 15.0. The number of hydrogen-bond donors (Lipinski definition) is 1. The number of esters is 2. The molecule has 112 valence electrons. The van der Waals surface area contributed by atoms with Crippen LogP contribution in [-0.4, -0.2) is 37.7 Å². The number of ether oxygens (including phenoxy) is 3. The molecule has 1 aliphatic heterocycles. The molecule has 0 radical (unpaired) electrons. The summed E-state index contributed by atoms with van der Waals surface area (Å²) >= 11 is 0. The van der Waals surface area contributed by atoms with Crippen molar-refractivity contribution in [2.24, 2.45) is 0 Å². The molecule has 1 fully saturated rings.